The van der Waals surface area contributed by atoms with E-state index in [9.17, 15) is 4.79 Å². The van der Waals surface area contributed by atoms with Gasteiger partial charge in [0.15, 0.2) is 0 Å². The molecule has 17 heavy (non-hydrogen) atoms. The second-order valence-corrected chi connectivity index (χ2v) is 4.21. The third-order valence-electron chi connectivity index (χ3n) is 2.49. The van der Waals surface area contributed by atoms with Gasteiger partial charge in [0.25, 0.3) is 0 Å². The Kier molecular flexibility index (Phi) is 4.97. The fraction of sp³-hybridized carbons (Fsp3) is 0.462. The van der Waals surface area contributed by atoms with E-state index in [1.165, 1.54) is 0 Å². The van der Waals surface area contributed by atoms with Crippen molar-refractivity contribution in [2.24, 2.45) is 5.73 Å². The van der Waals surface area contributed by atoms with E-state index < -0.39 is 0 Å². The van der Waals surface area contributed by atoms with E-state index in [0.29, 0.717) is 6.42 Å². The molecule has 1 amide bonds. The lowest BCUT2D eigenvalue weighted by Crippen LogP contribution is -2.31. The van der Waals surface area contributed by atoms with E-state index >= 15 is 0 Å². The van der Waals surface area contributed by atoms with Gasteiger partial charge in [0.1, 0.15) is 5.75 Å². The lowest BCUT2D eigenvalue weighted by molar-refractivity contribution is -0.122. The molecule has 94 valence electrons. The summed E-state index contributed by atoms with van der Waals surface area (Å²) >= 11 is 0. The highest BCUT2D eigenvalue weighted by Crippen LogP contribution is 2.24. The van der Waals surface area contributed by atoms with Crippen molar-refractivity contribution in [1.29, 1.82) is 0 Å². The van der Waals surface area contributed by atoms with Gasteiger partial charge in [0.2, 0.25) is 5.91 Å². The van der Waals surface area contributed by atoms with Crippen LogP contribution in [-0.4, -0.2) is 19.1 Å². The molecule has 0 aliphatic rings. The molecule has 1 unspecified atom stereocenters. The largest absolute Gasteiger partial charge is 0.496 e. The van der Waals surface area contributed by atoms with Gasteiger partial charge in [-0.25, -0.2) is 0 Å². The minimum absolute atomic E-state index is 0.0431. The molecule has 0 fully saturated rings. The number of carbonyl (C=O) groups is 1. The van der Waals surface area contributed by atoms with E-state index in [4.69, 9.17) is 10.5 Å². The highest BCUT2D eigenvalue weighted by Gasteiger charge is 2.14. The molecular weight excluding hydrogens is 216 g/mol. The number of carbonyl (C=O) groups excluding carboxylic acids is 1. The quantitative estimate of drug-likeness (QED) is 0.816. The Labute approximate surface area is 102 Å². The molecule has 0 bridgehead atoms. The maximum atomic E-state index is 11.6. The average Bonchev–Trinajstić information content (AvgIpc) is 2.27. The lowest BCUT2D eigenvalue weighted by atomic mass is 10.1. The van der Waals surface area contributed by atoms with Gasteiger partial charge >= 0.3 is 0 Å². The molecule has 2 atom stereocenters. The molecule has 1 aromatic carbocycles. The molecule has 0 spiro atoms. The van der Waals surface area contributed by atoms with Crippen molar-refractivity contribution >= 4 is 5.91 Å². The number of ether oxygens (including phenoxy) is 1. The van der Waals surface area contributed by atoms with Gasteiger partial charge in [-0.15, -0.1) is 0 Å². The van der Waals surface area contributed by atoms with Crippen LogP contribution in [0.5, 0.6) is 5.75 Å². The van der Waals surface area contributed by atoms with Crippen molar-refractivity contribution in [3.8, 4) is 5.75 Å². The molecule has 0 saturated carbocycles. The SMILES string of the molecule is COc1ccccc1[C@H](C)NC(=O)CC(C)N. The van der Waals surface area contributed by atoms with Crippen LogP contribution in [0.2, 0.25) is 0 Å². The number of nitrogens with one attached hydrogen (secondary N) is 1. The molecule has 0 aliphatic carbocycles. The van der Waals surface area contributed by atoms with Crippen LogP contribution >= 0.6 is 0 Å². The molecule has 1 rings (SSSR count). The third kappa shape index (κ3) is 4.07. The highest BCUT2D eigenvalue weighted by atomic mass is 16.5. The Hall–Kier alpha value is -1.55. The van der Waals surface area contributed by atoms with E-state index in [1.807, 2.05) is 38.1 Å². The molecule has 0 aliphatic heterocycles. The molecule has 0 saturated heterocycles. The topological polar surface area (TPSA) is 64.3 Å². The Bertz CT molecular complexity index is 377. The molecule has 4 nitrogen and oxygen atoms in total. The monoisotopic (exact) mass is 236 g/mol. The smallest absolute Gasteiger partial charge is 0.222 e. The van der Waals surface area contributed by atoms with Crippen LogP contribution in [0.4, 0.5) is 0 Å². The van der Waals surface area contributed by atoms with Crippen molar-refractivity contribution < 1.29 is 9.53 Å². The summed E-state index contributed by atoms with van der Waals surface area (Å²) in [7, 11) is 1.62. The first-order valence-electron chi connectivity index (χ1n) is 5.72. The molecular formula is C13H20N2O2. The summed E-state index contributed by atoms with van der Waals surface area (Å²) in [6.07, 6.45) is 0.333. The van der Waals surface area contributed by atoms with Crippen molar-refractivity contribution in [3.63, 3.8) is 0 Å². The van der Waals surface area contributed by atoms with Crippen molar-refractivity contribution in [3.05, 3.63) is 29.8 Å². The van der Waals surface area contributed by atoms with Crippen molar-refractivity contribution in [1.82, 2.24) is 5.32 Å². The van der Waals surface area contributed by atoms with E-state index in [-0.39, 0.29) is 18.0 Å². The molecule has 0 radical (unpaired) electrons. The number of methoxy groups -OCH3 is 1. The van der Waals surface area contributed by atoms with Crippen LogP contribution in [0.3, 0.4) is 0 Å². The fourth-order valence-electron chi connectivity index (χ4n) is 1.69. The van der Waals surface area contributed by atoms with Gasteiger partial charge in [0.05, 0.1) is 13.2 Å². The minimum Gasteiger partial charge on any atom is -0.496 e. The van der Waals surface area contributed by atoms with Gasteiger partial charge < -0.3 is 15.8 Å². The fourth-order valence-corrected chi connectivity index (χ4v) is 1.69. The first kappa shape index (κ1) is 13.5. The minimum atomic E-state index is -0.125. The first-order chi connectivity index (χ1) is 8.04. The summed E-state index contributed by atoms with van der Waals surface area (Å²) < 4.78 is 5.25. The predicted octanol–water partition coefficient (Wildman–Crippen LogP) is 1.61. The summed E-state index contributed by atoms with van der Waals surface area (Å²) in [5, 5.41) is 2.90. The van der Waals surface area contributed by atoms with Gasteiger partial charge in [-0.2, -0.15) is 0 Å². The zero-order valence-electron chi connectivity index (χ0n) is 10.6. The summed E-state index contributed by atoms with van der Waals surface area (Å²) in [6, 6.07) is 7.43. The first-order valence-corrected chi connectivity index (χ1v) is 5.72. The zero-order valence-corrected chi connectivity index (χ0v) is 10.6. The Morgan fingerprint density at radius 3 is 2.65 bits per heavy atom. The van der Waals surface area contributed by atoms with Crippen molar-refractivity contribution in [2.75, 3.05) is 7.11 Å². The van der Waals surface area contributed by atoms with Crippen molar-refractivity contribution in [2.45, 2.75) is 32.4 Å². The average molecular weight is 236 g/mol. The van der Waals surface area contributed by atoms with Crippen LogP contribution in [-0.2, 0) is 4.79 Å². The van der Waals surface area contributed by atoms with Crippen LogP contribution in [0.1, 0.15) is 31.9 Å². The summed E-state index contributed by atoms with van der Waals surface area (Å²) in [5.41, 5.74) is 6.54. The molecule has 1 aromatic rings. The normalized spacial score (nSPS) is 13.9. The number of amides is 1. The van der Waals surface area contributed by atoms with Crippen LogP contribution in [0, 0.1) is 0 Å². The third-order valence-corrected chi connectivity index (χ3v) is 2.49. The van der Waals surface area contributed by atoms with E-state index in [1.54, 1.807) is 7.11 Å². The highest BCUT2D eigenvalue weighted by molar-refractivity contribution is 5.77. The molecule has 4 heteroatoms. The second-order valence-electron chi connectivity index (χ2n) is 4.21. The summed E-state index contributed by atoms with van der Waals surface area (Å²) in [5.74, 6) is 0.736. The van der Waals surface area contributed by atoms with E-state index in [2.05, 4.69) is 5.32 Å². The number of benzene rings is 1. The van der Waals surface area contributed by atoms with Gasteiger partial charge in [-0.3, -0.25) is 4.79 Å². The number of nitrogens with two attached hydrogens (primary N) is 1. The summed E-state index contributed by atoms with van der Waals surface area (Å²) in [4.78, 5) is 11.6. The predicted molar refractivity (Wildman–Crippen MR) is 67.8 cm³/mol. The molecule has 3 N–H and O–H groups in total. The number of rotatable bonds is 5. The zero-order chi connectivity index (χ0) is 12.8. The molecule has 0 aromatic heterocycles. The van der Waals surface area contributed by atoms with Crippen LogP contribution in [0.15, 0.2) is 24.3 Å². The van der Waals surface area contributed by atoms with Crippen LogP contribution < -0.4 is 15.8 Å². The number of hydrogen-bond donors (Lipinski definition) is 2. The summed E-state index contributed by atoms with van der Waals surface area (Å²) in [6.45, 7) is 3.74. The number of para-hydroxylation sites is 1. The Morgan fingerprint density at radius 1 is 1.41 bits per heavy atom. The standard InChI is InChI=1S/C13H20N2O2/c1-9(14)8-13(16)15-10(2)11-6-4-5-7-12(11)17-3/h4-7,9-10H,8,14H2,1-3H3,(H,15,16)/t9?,10-/m0/s1. The molecule has 0 heterocycles. The van der Waals surface area contributed by atoms with Crippen LogP contribution in [0.25, 0.3) is 0 Å². The number of hydrogen-bond acceptors (Lipinski definition) is 3. The Morgan fingerprint density at radius 2 is 2.06 bits per heavy atom. The van der Waals surface area contributed by atoms with Gasteiger partial charge in [0, 0.05) is 18.0 Å². The van der Waals surface area contributed by atoms with E-state index in [0.717, 1.165) is 11.3 Å². The maximum Gasteiger partial charge on any atom is 0.222 e. The Balaban J connectivity index is 2.69. The van der Waals surface area contributed by atoms with Gasteiger partial charge in [-0.05, 0) is 19.9 Å². The lowest BCUT2D eigenvalue weighted by Gasteiger charge is -2.17. The second kappa shape index (κ2) is 6.25. The van der Waals surface area contributed by atoms with Gasteiger partial charge in [-0.1, -0.05) is 18.2 Å². The maximum absolute atomic E-state index is 11.6.